The summed E-state index contributed by atoms with van der Waals surface area (Å²) in [6, 6.07) is 18.2. The summed E-state index contributed by atoms with van der Waals surface area (Å²) in [5.74, 6) is 0. The zero-order valence-electron chi connectivity index (χ0n) is 21.3. The number of benzene rings is 2. The minimum atomic E-state index is 0.216. The van der Waals surface area contributed by atoms with Crippen molar-refractivity contribution < 1.29 is 0 Å². The van der Waals surface area contributed by atoms with E-state index in [2.05, 4.69) is 105 Å². The van der Waals surface area contributed by atoms with Crippen LogP contribution in [0.5, 0.6) is 0 Å². The lowest BCUT2D eigenvalue weighted by Gasteiger charge is -2.35. The zero-order chi connectivity index (χ0) is 23.6. The number of nitrogens with zero attached hydrogens (tertiary/aromatic N) is 3. The molecule has 1 fully saturated rings. The van der Waals surface area contributed by atoms with Gasteiger partial charge in [0.2, 0.25) is 0 Å². The third-order valence-corrected chi connectivity index (χ3v) is 7.14. The zero-order valence-corrected chi connectivity index (χ0v) is 21.3. The Balaban J connectivity index is 1.33. The number of aromatic nitrogens is 1. The van der Waals surface area contributed by atoms with Crippen molar-refractivity contribution in [3.8, 4) is 11.3 Å². The van der Waals surface area contributed by atoms with Crippen LogP contribution in [0.25, 0.3) is 11.3 Å². The smallest absolute Gasteiger partial charge is 0.0705 e. The number of rotatable bonds is 5. The minimum Gasteiger partial charge on any atom is -0.297 e. The maximum atomic E-state index is 4.67. The Hall–Kier alpha value is -2.49. The van der Waals surface area contributed by atoms with Crippen LogP contribution in [0.4, 0.5) is 0 Å². The molecule has 0 saturated carbocycles. The first-order chi connectivity index (χ1) is 15.7. The highest BCUT2D eigenvalue weighted by atomic mass is 15.3. The molecule has 0 aliphatic carbocycles. The third-order valence-electron chi connectivity index (χ3n) is 7.14. The summed E-state index contributed by atoms with van der Waals surface area (Å²) in [4.78, 5) is 9.82. The van der Waals surface area contributed by atoms with Gasteiger partial charge in [0.15, 0.2) is 0 Å². The molecule has 174 valence electrons. The number of aryl methyl sites for hydroxylation is 2. The maximum Gasteiger partial charge on any atom is 0.0705 e. The Kier molecular flexibility index (Phi) is 7.02. The van der Waals surface area contributed by atoms with Gasteiger partial charge in [0.1, 0.15) is 0 Å². The van der Waals surface area contributed by atoms with Crippen LogP contribution in [-0.4, -0.2) is 41.0 Å². The van der Waals surface area contributed by atoms with E-state index in [1.807, 2.05) is 6.20 Å². The van der Waals surface area contributed by atoms with Gasteiger partial charge < -0.3 is 0 Å². The molecule has 0 unspecified atom stereocenters. The van der Waals surface area contributed by atoms with E-state index in [9.17, 15) is 0 Å². The molecule has 3 heteroatoms. The molecule has 0 atom stereocenters. The molecule has 1 aromatic heterocycles. The summed E-state index contributed by atoms with van der Waals surface area (Å²) < 4.78 is 0. The molecule has 2 aromatic carbocycles. The fraction of sp³-hybridized carbons (Fsp3) is 0.433. The molecule has 0 bridgehead atoms. The Labute approximate surface area is 200 Å². The van der Waals surface area contributed by atoms with E-state index in [1.54, 1.807) is 0 Å². The van der Waals surface area contributed by atoms with Crippen LogP contribution in [-0.2, 0) is 18.5 Å². The molecule has 0 spiro atoms. The molecule has 3 aromatic rings. The Morgan fingerprint density at radius 3 is 1.82 bits per heavy atom. The lowest BCUT2D eigenvalue weighted by molar-refractivity contribution is 0.122. The molecule has 2 heterocycles. The first-order valence-corrected chi connectivity index (χ1v) is 12.3. The van der Waals surface area contributed by atoms with Gasteiger partial charge in [-0.2, -0.15) is 0 Å². The molecular formula is C30H39N3. The molecule has 0 N–H and O–H groups in total. The van der Waals surface area contributed by atoms with Gasteiger partial charge in [-0.05, 0) is 83.8 Å². The highest BCUT2D eigenvalue weighted by molar-refractivity contribution is 5.63. The predicted octanol–water partition coefficient (Wildman–Crippen LogP) is 6.29. The average Bonchev–Trinajstić information content (AvgIpc) is 2.78. The SMILES string of the molecule is Cc1cc(-c2cc(CN3CCN(Cc4ccc(C(C)(C)C)cc4)CC3)ccn2)cc(C)c1C. The average molecular weight is 442 g/mol. The Morgan fingerprint density at radius 1 is 0.727 bits per heavy atom. The second-order valence-corrected chi connectivity index (χ2v) is 10.8. The summed E-state index contributed by atoms with van der Waals surface area (Å²) >= 11 is 0. The lowest BCUT2D eigenvalue weighted by atomic mass is 9.87. The predicted molar refractivity (Wildman–Crippen MR) is 140 cm³/mol. The van der Waals surface area contributed by atoms with Crippen LogP contribution in [0.15, 0.2) is 54.7 Å². The summed E-state index contributed by atoms with van der Waals surface area (Å²) in [6.07, 6.45) is 1.96. The molecule has 1 aliphatic heterocycles. The number of piperazine rings is 1. The number of hydrogen-bond donors (Lipinski definition) is 0. The van der Waals surface area contributed by atoms with Gasteiger partial charge in [0.25, 0.3) is 0 Å². The quantitative estimate of drug-likeness (QED) is 0.464. The first-order valence-electron chi connectivity index (χ1n) is 12.3. The monoisotopic (exact) mass is 441 g/mol. The van der Waals surface area contributed by atoms with E-state index in [4.69, 9.17) is 0 Å². The van der Waals surface area contributed by atoms with Crippen molar-refractivity contribution in [3.63, 3.8) is 0 Å². The highest BCUT2D eigenvalue weighted by Gasteiger charge is 2.18. The summed E-state index contributed by atoms with van der Waals surface area (Å²) in [7, 11) is 0. The molecule has 0 amide bonds. The highest BCUT2D eigenvalue weighted by Crippen LogP contribution is 2.25. The van der Waals surface area contributed by atoms with Crippen LogP contribution in [0, 0.1) is 20.8 Å². The Bertz CT molecular complexity index is 1060. The second kappa shape index (κ2) is 9.79. The van der Waals surface area contributed by atoms with Crippen molar-refractivity contribution in [2.45, 2.75) is 60.0 Å². The largest absolute Gasteiger partial charge is 0.297 e. The van der Waals surface area contributed by atoms with Crippen molar-refractivity contribution in [2.75, 3.05) is 26.2 Å². The van der Waals surface area contributed by atoms with E-state index in [-0.39, 0.29) is 5.41 Å². The van der Waals surface area contributed by atoms with Gasteiger partial charge in [-0.1, -0.05) is 45.0 Å². The van der Waals surface area contributed by atoms with E-state index in [1.165, 1.54) is 38.9 Å². The molecule has 1 saturated heterocycles. The third kappa shape index (κ3) is 5.90. The summed E-state index contributed by atoms with van der Waals surface area (Å²) in [5, 5.41) is 0. The van der Waals surface area contributed by atoms with Gasteiger partial charge in [-0.25, -0.2) is 0 Å². The second-order valence-electron chi connectivity index (χ2n) is 10.8. The van der Waals surface area contributed by atoms with E-state index >= 15 is 0 Å². The van der Waals surface area contributed by atoms with Gasteiger partial charge in [0.05, 0.1) is 5.69 Å². The standard InChI is InChI=1S/C30H39N3/c1-22-17-27(18-23(2)24(22)3)29-19-26(11-12-31-29)21-33-15-13-32(14-16-33)20-25-7-9-28(10-8-25)30(4,5)6/h7-12,17-19H,13-16,20-21H2,1-6H3. The summed E-state index contributed by atoms with van der Waals surface area (Å²) in [6.45, 7) is 19.9. The fourth-order valence-electron chi connectivity index (χ4n) is 4.65. The van der Waals surface area contributed by atoms with Crippen molar-refractivity contribution in [2.24, 2.45) is 0 Å². The summed E-state index contributed by atoms with van der Waals surface area (Å²) in [5.41, 5.74) is 10.7. The lowest BCUT2D eigenvalue weighted by Crippen LogP contribution is -2.45. The number of pyridine rings is 1. The molecule has 0 radical (unpaired) electrons. The van der Waals surface area contributed by atoms with Gasteiger partial charge >= 0.3 is 0 Å². The fourth-order valence-corrected chi connectivity index (χ4v) is 4.65. The normalized spacial score (nSPS) is 15.7. The molecular weight excluding hydrogens is 402 g/mol. The number of hydrogen-bond acceptors (Lipinski definition) is 3. The first kappa shape index (κ1) is 23.7. The van der Waals surface area contributed by atoms with Crippen LogP contribution < -0.4 is 0 Å². The van der Waals surface area contributed by atoms with E-state index < -0.39 is 0 Å². The van der Waals surface area contributed by atoms with E-state index in [0.29, 0.717) is 0 Å². The Morgan fingerprint density at radius 2 is 1.27 bits per heavy atom. The maximum absolute atomic E-state index is 4.67. The van der Waals surface area contributed by atoms with Gasteiger partial charge in [-0.3, -0.25) is 14.8 Å². The molecule has 4 rings (SSSR count). The van der Waals surface area contributed by atoms with Gasteiger partial charge in [-0.15, -0.1) is 0 Å². The van der Waals surface area contributed by atoms with Gasteiger partial charge in [0, 0.05) is 51.0 Å². The van der Waals surface area contributed by atoms with Crippen molar-refractivity contribution in [1.82, 2.24) is 14.8 Å². The van der Waals surface area contributed by atoms with Crippen molar-refractivity contribution in [1.29, 1.82) is 0 Å². The van der Waals surface area contributed by atoms with Crippen molar-refractivity contribution >= 4 is 0 Å². The molecule has 1 aliphatic rings. The topological polar surface area (TPSA) is 19.4 Å². The minimum absolute atomic E-state index is 0.216. The molecule has 3 nitrogen and oxygen atoms in total. The van der Waals surface area contributed by atoms with E-state index in [0.717, 1.165) is 45.0 Å². The van der Waals surface area contributed by atoms with Crippen LogP contribution in [0.3, 0.4) is 0 Å². The van der Waals surface area contributed by atoms with Crippen LogP contribution in [0.1, 0.15) is 54.2 Å². The van der Waals surface area contributed by atoms with Crippen molar-refractivity contribution in [3.05, 3.63) is 88.1 Å². The van der Waals surface area contributed by atoms with Crippen LogP contribution in [0.2, 0.25) is 0 Å². The molecule has 33 heavy (non-hydrogen) atoms. The van der Waals surface area contributed by atoms with Crippen LogP contribution >= 0.6 is 0 Å².